The Morgan fingerprint density at radius 3 is 1.93 bits per heavy atom. The highest BCUT2D eigenvalue weighted by Gasteiger charge is 2.42. The van der Waals surface area contributed by atoms with E-state index in [4.69, 9.17) is 11.4 Å². The molecule has 5 nitrogen and oxygen atoms in total. The Kier molecular flexibility index (Phi) is 6.55. The molecule has 0 aliphatic heterocycles. The quantitative estimate of drug-likeness (QED) is 0.642. The summed E-state index contributed by atoms with van der Waals surface area (Å²) in [7, 11) is 0. The van der Waals surface area contributed by atoms with E-state index in [0.29, 0.717) is 0 Å². The molecule has 14 heavy (non-hydrogen) atoms. The third-order valence-electron chi connectivity index (χ3n) is 1.44. The van der Waals surface area contributed by atoms with Crippen molar-refractivity contribution < 1.29 is 21.0 Å². The maximum absolute atomic E-state index is 10.6. The molecule has 0 aromatic rings. The van der Waals surface area contributed by atoms with Crippen molar-refractivity contribution in [3.05, 3.63) is 0 Å². The van der Waals surface area contributed by atoms with E-state index in [1.807, 2.05) is 13.8 Å². The first-order chi connectivity index (χ1) is 6.45. The summed E-state index contributed by atoms with van der Waals surface area (Å²) in [5.74, 6) is -0.988. The van der Waals surface area contributed by atoms with Crippen molar-refractivity contribution >= 4 is 27.1 Å². The minimum atomic E-state index is -2.62. The van der Waals surface area contributed by atoms with E-state index in [-0.39, 0.29) is 6.10 Å². The Balaban J connectivity index is 4.09. The van der Waals surface area contributed by atoms with Crippen LogP contribution >= 0.6 is 0 Å². The highest BCUT2D eigenvalue weighted by Crippen LogP contribution is 2.02. The third kappa shape index (κ3) is 6.90. The summed E-state index contributed by atoms with van der Waals surface area (Å²) in [6.45, 7) is 6.26. The summed E-state index contributed by atoms with van der Waals surface area (Å²) in [4.78, 5) is 21.3. The lowest BCUT2D eigenvalue weighted by atomic mass is 10.3. The molecular formula is C8H15AlO5. The minimum absolute atomic E-state index is 0.0784. The summed E-state index contributed by atoms with van der Waals surface area (Å²) in [6.07, 6.45) is 0.692. The van der Waals surface area contributed by atoms with E-state index in [9.17, 15) is 9.59 Å². The van der Waals surface area contributed by atoms with Crippen molar-refractivity contribution in [1.29, 1.82) is 0 Å². The lowest BCUT2D eigenvalue weighted by Crippen LogP contribution is -2.34. The average Bonchev–Trinajstić information content (AvgIpc) is 2.01. The first-order valence-electron chi connectivity index (χ1n) is 4.45. The maximum atomic E-state index is 10.6. The van der Waals surface area contributed by atoms with E-state index < -0.39 is 27.1 Å². The smallest absolute Gasteiger partial charge is 0.562 e. The van der Waals surface area contributed by atoms with Gasteiger partial charge in [0.2, 0.25) is 0 Å². The molecule has 0 aromatic heterocycles. The first-order valence-corrected chi connectivity index (χ1v) is 5.87. The largest absolute Gasteiger partial charge is 1.10 e. The zero-order valence-corrected chi connectivity index (χ0v) is 10.1. The molecule has 80 valence electrons. The molecule has 0 N–H and O–H groups in total. The molecule has 0 heterocycles. The highest BCUT2D eigenvalue weighted by molar-refractivity contribution is 6.41. The molecule has 0 saturated heterocycles. The SMILES string of the molecule is CCC(C)[O][Al]([O]C(C)=O)[O]C(C)=O. The fourth-order valence-electron chi connectivity index (χ4n) is 0.637. The van der Waals surface area contributed by atoms with E-state index in [0.717, 1.165) is 6.42 Å². The molecule has 0 rings (SSSR count). The van der Waals surface area contributed by atoms with Crippen molar-refractivity contribution in [2.24, 2.45) is 0 Å². The van der Waals surface area contributed by atoms with E-state index in [1.54, 1.807) is 0 Å². The molecule has 1 unspecified atom stereocenters. The molecule has 0 aromatic carbocycles. The maximum Gasteiger partial charge on any atom is 1.10 e. The molecule has 0 aliphatic carbocycles. The van der Waals surface area contributed by atoms with Crippen LogP contribution in [0.3, 0.4) is 0 Å². The van der Waals surface area contributed by atoms with Crippen LogP contribution in [0.1, 0.15) is 34.1 Å². The van der Waals surface area contributed by atoms with Crippen LogP contribution in [0.15, 0.2) is 0 Å². The zero-order valence-electron chi connectivity index (χ0n) is 8.90. The second-order valence-corrected chi connectivity index (χ2v) is 4.18. The zero-order chi connectivity index (χ0) is 11.1. The fraction of sp³-hybridized carbons (Fsp3) is 0.750. The van der Waals surface area contributed by atoms with Gasteiger partial charge in [-0.15, -0.1) is 0 Å². The molecule has 6 heteroatoms. The normalized spacial score (nSPS) is 11.7. The molecule has 0 aliphatic rings. The summed E-state index contributed by atoms with van der Waals surface area (Å²) < 4.78 is 14.8. The van der Waals surface area contributed by atoms with Gasteiger partial charge in [-0.25, -0.2) is 0 Å². The topological polar surface area (TPSA) is 61.8 Å². The molecule has 0 radical (unpaired) electrons. The van der Waals surface area contributed by atoms with Crippen LogP contribution in [-0.4, -0.2) is 33.2 Å². The van der Waals surface area contributed by atoms with Crippen molar-refractivity contribution in [2.45, 2.75) is 40.2 Å². The van der Waals surface area contributed by atoms with Crippen LogP contribution in [-0.2, 0) is 21.0 Å². The van der Waals surface area contributed by atoms with Crippen LogP contribution in [0.4, 0.5) is 0 Å². The number of carbonyl (C=O) groups excluding carboxylic acids is 2. The average molecular weight is 218 g/mol. The second-order valence-electron chi connectivity index (χ2n) is 2.86. The number of hydrogen-bond donors (Lipinski definition) is 0. The summed E-state index contributed by atoms with van der Waals surface area (Å²) in [5.41, 5.74) is 0. The molecule has 0 bridgehead atoms. The molecule has 0 amide bonds. The number of rotatable bonds is 5. The van der Waals surface area contributed by atoms with Gasteiger partial charge in [-0.2, -0.15) is 0 Å². The number of carbonyl (C=O) groups is 2. The molecule has 0 spiro atoms. The van der Waals surface area contributed by atoms with Crippen molar-refractivity contribution in [1.82, 2.24) is 0 Å². The lowest BCUT2D eigenvalue weighted by Gasteiger charge is -2.15. The molecule has 0 saturated carbocycles. The van der Waals surface area contributed by atoms with Gasteiger partial charge in [-0.1, -0.05) is 6.92 Å². The molecule has 1 atom stereocenters. The summed E-state index contributed by atoms with van der Waals surface area (Å²) in [5, 5.41) is 0. The van der Waals surface area contributed by atoms with Crippen LogP contribution in [0.2, 0.25) is 0 Å². The lowest BCUT2D eigenvalue weighted by molar-refractivity contribution is -0.141. The Morgan fingerprint density at radius 2 is 1.64 bits per heavy atom. The molecular weight excluding hydrogens is 203 g/mol. The Morgan fingerprint density at radius 1 is 1.21 bits per heavy atom. The van der Waals surface area contributed by atoms with Crippen LogP contribution in [0, 0.1) is 0 Å². The van der Waals surface area contributed by atoms with Gasteiger partial charge in [-0.3, -0.25) is 9.59 Å². The Bertz CT molecular complexity index is 190. The predicted molar refractivity (Wildman–Crippen MR) is 50.1 cm³/mol. The van der Waals surface area contributed by atoms with Crippen LogP contribution in [0.5, 0.6) is 0 Å². The van der Waals surface area contributed by atoms with E-state index in [1.165, 1.54) is 13.8 Å². The predicted octanol–water partition coefficient (Wildman–Crippen LogP) is 0.913. The summed E-state index contributed by atoms with van der Waals surface area (Å²) in [6, 6.07) is 0. The van der Waals surface area contributed by atoms with Gasteiger partial charge in [0.1, 0.15) is 0 Å². The van der Waals surface area contributed by atoms with Gasteiger partial charge in [0, 0.05) is 20.0 Å². The van der Waals surface area contributed by atoms with Gasteiger partial charge >= 0.3 is 15.1 Å². The fourth-order valence-corrected chi connectivity index (χ4v) is 1.91. The van der Waals surface area contributed by atoms with Gasteiger partial charge < -0.3 is 11.4 Å². The second kappa shape index (κ2) is 6.82. The third-order valence-corrected chi connectivity index (χ3v) is 3.18. The van der Waals surface area contributed by atoms with Gasteiger partial charge in [0.05, 0.1) is 0 Å². The van der Waals surface area contributed by atoms with E-state index in [2.05, 4.69) is 0 Å². The van der Waals surface area contributed by atoms with Crippen molar-refractivity contribution in [3.63, 3.8) is 0 Å². The van der Waals surface area contributed by atoms with Crippen molar-refractivity contribution in [3.8, 4) is 0 Å². The summed E-state index contributed by atoms with van der Waals surface area (Å²) >= 11 is -2.62. The minimum Gasteiger partial charge on any atom is -0.562 e. The van der Waals surface area contributed by atoms with Gasteiger partial charge in [0.15, 0.2) is 0 Å². The highest BCUT2D eigenvalue weighted by atomic mass is 27.3. The standard InChI is InChI=1S/C4H9O.2C2H4O2.Al/c1-3-4(2)5;2*1-2(3)4;/h4H,3H2,1-2H3;2*1H3,(H,3,4);/q-1;;;+3/p-2. The number of hydrogen-bond acceptors (Lipinski definition) is 5. The van der Waals surface area contributed by atoms with Crippen molar-refractivity contribution in [2.75, 3.05) is 0 Å². The molecule has 0 fully saturated rings. The Hall–Kier alpha value is -0.568. The van der Waals surface area contributed by atoms with Gasteiger partial charge in [-0.05, 0) is 13.3 Å². The van der Waals surface area contributed by atoms with Crippen LogP contribution < -0.4 is 0 Å². The van der Waals surface area contributed by atoms with Gasteiger partial charge in [0.25, 0.3) is 11.9 Å². The first kappa shape index (κ1) is 13.4. The Labute approximate surface area is 88.7 Å². The monoisotopic (exact) mass is 218 g/mol. The van der Waals surface area contributed by atoms with E-state index >= 15 is 0 Å². The van der Waals surface area contributed by atoms with Crippen LogP contribution in [0.25, 0.3) is 0 Å².